The summed E-state index contributed by atoms with van der Waals surface area (Å²) >= 11 is 5.75. The number of hydrogen-bond acceptors (Lipinski definition) is 5. The van der Waals surface area contributed by atoms with Crippen LogP contribution >= 0.6 is 12.2 Å². The summed E-state index contributed by atoms with van der Waals surface area (Å²) in [6, 6.07) is 13.1. The molecule has 7 heteroatoms. The Morgan fingerprint density at radius 1 is 0.794 bits per heavy atom. The zero-order chi connectivity index (χ0) is 23.2. The third kappa shape index (κ3) is 5.45. The van der Waals surface area contributed by atoms with Crippen molar-refractivity contribution in [2.24, 2.45) is 0 Å². The van der Waals surface area contributed by atoms with Crippen molar-refractivity contribution in [1.29, 1.82) is 0 Å². The van der Waals surface area contributed by atoms with Gasteiger partial charge in [0, 0.05) is 44.2 Å². The average Bonchev–Trinajstić information content (AvgIpc) is 3.44. The van der Waals surface area contributed by atoms with E-state index < -0.39 is 0 Å². The Balaban J connectivity index is 1.30. The van der Waals surface area contributed by atoms with E-state index in [-0.39, 0.29) is 5.41 Å². The molecule has 1 aromatic heterocycles. The topological polar surface area (TPSA) is 56.3 Å². The van der Waals surface area contributed by atoms with Crippen LogP contribution in [0.25, 0.3) is 0 Å². The van der Waals surface area contributed by atoms with Crippen LogP contribution in [-0.2, 0) is 5.41 Å². The zero-order valence-corrected chi connectivity index (χ0v) is 21.1. The first-order valence-corrected chi connectivity index (χ1v) is 13.6. The van der Waals surface area contributed by atoms with E-state index >= 15 is 0 Å². The van der Waals surface area contributed by atoms with Gasteiger partial charge >= 0.3 is 0 Å². The molecule has 0 radical (unpaired) electrons. The fourth-order valence-electron chi connectivity index (χ4n) is 5.85. The van der Waals surface area contributed by atoms with Crippen LogP contribution < -0.4 is 20.4 Å². The second-order valence-electron chi connectivity index (χ2n) is 10.2. The highest BCUT2D eigenvalue weighted by molar-refractivity contribution is 7.80. The molecular formula is C27H38N6S. The molecule has 1 saturated carbocycles. The van der Waals surface area contributed by atoms with E-state index in [1.807, 2.05) is 0 Å². The van der Waals surface area contributed by atoms with E-state index in [1.165, 1.54) is 69.8 Å². The molecule has 0 atom stereocenters. The summed E-state index contributed by atoms with van der Waals surface area (Å²) < 4.78 is 0. The Morgan fingerprint density at radius 3 is 1.97 bits per heavy atom. The second kappa shape index (κ2) is 10.9. The lowest BCUT2D eigenvalue weighted by molar-refractivity contribution is 0.292. The van der Waals surface area contributed by atoms with Crippen LogP contribution in [0.1, 0.15) is 69.8 Å². The van der Waals surface area contributed by atoms with Crippen LogP contribution in [0.15, 0.2) is 36.4 Å². The molecule has 6 nitrogen and oxygen atoms in total. The number of rotatable bonds is 6. The van der Waals surface area contributed by atoms with Crippen molar-refractivity contribution < 1.29 is 0 Å². The van der Waals surface area contributed by atoms with Crippen molar-refractivity contribution in [1.82, 2.24) is 15.3 Å². The minimum Gasteiger partial charge on any atom is -0.361 e. The highest BCUT2D eigenvalue weighted by Crippen LogP contribution is 2.39. The minimum absolute atomic E-state index is 0.141. The highest BCUT2D eigenvalue weighted by Gasteiger charge is 2.33. The van der Waals surface area contributed by atoms with Crippen molar-refractivity contribution >= 4 is 34.9 Å². The standard InChI is InChI=1S/C27H38N6S/c34-26(28-21-27(14-6-2-7-15-27)22-12-4-1-5-13-22)31-25-29-23(32-16-8-3-9-17-32)20-24(30-25)33-18-10-11-19-33/h1,4-5,12-13,20H,2-3,6-11,14-19,21H2,(H2,28,29,30,31,34). The molecule has 3 heterocycles. The van der Waals surface area contributed by atoms with Crippen LogP contribution in [0.5, 0.6) is 0 Å². The van der Waals surface area contributed by atoms with Gasteiger partial charge in [0.2, 0.25) is 5.95 Å². The van der Waals surface area contributed by atoms with E-state index in [0.717, 1.165) is 44.4 Å². The SMILES string of the molecule is S=C(NCC1(c2ccccc2)CCCCC1)Nc1nc(N2CCCCC2)cc(N2CCCC2)n1. The first-order valence-electron chi connectivity index (χ1n) is 13.2. The lowest BCUT2D eigenvalue weighted by Crippen LogP contribution is -2.43. The van der Waals surface area contributed by atoms with E-state index in [2.05, 4.69) is 56.8 Å². The van der Waals surface area contributed by atoms with Crippen molar-refractivity contribution in [2.45, 2.75) is 69.6 Å². The van der Waals surface area contributed by atoms with Gasteiger partial charge in [-0.15, -0.1) is 0 Å². The molecule has 182 valence electrons. The Kier molecular flexibility index (Phi) is 7.48. The summed E-state index contributed by atoms with van der Waals surface area (Å²) in [5, 5.41) is 7.49. The molecule has 1 aromatic carbocycles. The normalized spacial score (nSPS) is 20.2. The number of piperidine rings is 1. The van der Waals surface area contributed by atoms with Crippen molar-refractivity contribution in [2.75, 3.05) is 47.8 Å². The summed E-state index contributed by atoms with van der Waals surface area (Å²) in [4.78, 5) is 14.5. The molecule has 3 aliphatic rings. The molecular weight excluding hydrogens is 440 g/mol. The van der Waals surface area contributed by atoms with Gasteiger partial charge in [0.25, 0.3) is 0 Å². The predicted molar refractivity (Wildman–Crippen MR) is 145 cm³/mol. The van der Waals surface area contributed by atoms with Gasteiger partial charge < -0.3 is 20.4 Å². The van der Waals surface area contributed by atoms with Crippen molar-refractivity contribution in [3.63, 3.8) is 0 Å². The van der Waals surface area contributed by atoms with Crippen LogP contribution in [0.3, 0.4) is 0 Å². The van der Waals surface area contributed by atoms with E-state index in [1.54, 1.807) is 0 Å². The Hall–Kier alpha value is -2.41. The van der Waals surface area contributed by atoms with E-state index in [4.69, 9.17) is 22.2 Å². The number of thiocarbonyl (C=S) groups is 1. The number of anilines is 3. The lowest BCUT2D eigenvalue weighted by atomic mass is 9.69. The molecule has 2 N–H and O–H groups in total. The first kappa shape index (κ1) is 23.3. The molecule has 2 saturated heterocycles. The first-order chi connectivity index (χ1) is 16.7. The van der Waals surface area contributed by atoms with Crippen LogP contribution in [0.2, 0.25) is 0 Å². The third-order valence-corrected chi connectivity index (χ3v) is 8.07. The summed E-state index contributed by atoms with van der Waals surface area (Å²) in [6.45, 7) is 5.11. The summed E-state index contributed by atoms with van der Waals surface area (Å²) in [7, 11) is 0. The van der Waals surface area contributed by atoms with Crippen LogP contribution in [0.4, 0.5) is 17.6 Å². The smallest absolute Gasteiger partial charge is 0.232 e. The fraction of sp³-hybridized carbons (Fsp3) is 0.593. The van der Waals surface area contributed by atoms with Gasteiger partial charge in [0.05, 0.1) is 0 Å². The quantitative estimate of drug-likeness (QED) is 0.550. The molecule has 2 aromatic rings. The number of benzene rings is 1. The minimum atomic E-state index is 0.141. The zero-order valence-electron chi connectivity index (χ0n) is 20.3. The largest absolute Gasteiger partial charge is 0.361 e. The lowest BCUT2D eigenvalue weighted by Gasteiger charge is -2.38. The van der Waals surface area contributed by atoms with Crippen LogP contribution in [0, 0.1) is 0 Å². The molecule has 0 unspecified atom stereocenters. The molecule has 2 aliphatic heterocycles. The Labute approximate surface area is 209 Å². The average molecular weight is 479 g/mol. The number of hydrogen-bond donors (Lipinski definition) is 2. The Morgan fingerprint density at radius 2 is 1.35 bits per heavy atom. The number of nitrogens with one attached hydrogen (secondary N) is 2. The highest BCUT2D eigenvalue weighted by atomic mass is 32.1. The molecule has 3 fully saturated rings. The number of nitrogens with zero attached hydrogens (tertiary/aromatic N) is 4. The molecule has 34 heavy (non-hydrogen) atoms. The second-order valence-corrected chi connectivity index (χ2v) is 10.6. The maximum atomic E-state index is 5.75. The fourth-order valence-corrected chi connectivity index (χ4v) is 6.02. The van der Waals surface area contributed by atoms with Crippen LogP contribution in [-0.4, -0.2) is 47.8 Å². The predicted octanol–water partition coefficient (Wildman–Crippen LogP) is 5.26. The maximum Gasteiger partial charge on any atom is 0.232 e. The summed E-state index contributed by atoms with van der Waals surface area (Å²) in [5.41, 5.74) is 1.56. The molecule has 0 amide bonds. The number of aromatic nitrogens is 2. The van der Waals surface area contributed by atoms with Gasteiger partial charge in [-0.25, -0.2) is 0 Å². The monoisotopic (exact) mass is 478 g/mol. The molecule has 0 bridgehead atoms. The summed E-state index contributed by atoms with van der Waals surface area (Å²) in [6.07, 6.45) is 12.5. The van der Waals surface area contributed by atoms with Crippen molar-refractivity contribution in [3.05, 3.63) is 42.0 Å². The van der Waals surface area contributed by atoms with Gasteiger partial charge in [0.15, 0.2) is 5.11 Å². The maximum absolute atomic E-state index is 5.75. The molecule has 1 aliphatic carbocycles. The van der Waals surface area contributed by atoms with Crippen molar-refractivity contribution in [3.8, 4) is 0 Å². The van der Waals surface area contributed by atoms with E-state index in [9.17, 15) is 0 Å². The van der Waals surface area contributed by atoms with E-state index in [0.29, 0.717) is 11.1 Å². The van der Waals surface area contributed by atoms with Gasteiger partial charge in [-0.2, -0.15) is 9.97 Å². The van der Waals surface area contributed by atoms with Gasteiger partial charge in [-0.1, -0.05) is 49.6 Å². The third-order valence-electron chi connectivity index (χ3n) is 7.82. The Bertz CT molecular complexity index is 947. The van der Waals surface area contributed by atoms with Gasteiger partial charge in [-0.05, 0) is 62.7 Å². The van der Waals surface area contributed by atoms with Gasteiger partial charge in [-0.3, -0.25) is 0 Å². The molecule has 0 spiro atoms. The van der Waals surface area contributed by atoms with Gasteiger partial charge in [0.1, 0.15) is 11.6 Å². The summed E-state index contributed by atoms with van der Waals surface area (Å²) in [5.74, 6) is 2.65. The molecule has 5 rings (SSSR count).